The van der Waals surface area contributed by atoms with Crippen molar-refractivity contribution in [3.8, 4) is 23.0 Å². The smallest absolute Gasteiger partial charge is 0.254 e. The lowest BCUT2D eigenvalue weighted by atomic mass is 10.1. The van der Waals surface area contributed by atoms with Crippen molar-refractivity contribution in [3.63, 3.8) is 0 Å². The van der Waals surface area contributed by atoms with Gasteiger partial charge in [-0.15, -0.1) is 0 Å². The van der Waals surface area contributed by atoms with E-state index in [0.717, 1.165) is 87.4 Å². The lowest BCUT2D eigenvalue weighted by molar-refractivity contribution is 0.968. The van der Waals surface area contributed by atoms with Crippen molar-refractivity contribution in [3.05, 3.63) is 204 Å². The molecule has 0 spiro atoms. The van der Waals surface area contributed by atoms with E-state index >= 15 is 0 Å². The fraction of sp³-hybridized carbons (Fsp3) is 0.0690. The molecular formula is C58H40N6. The zero-order valence-electron chi connectivity index (χ0n) is 40.8. The summed E-state index contributed by atoms with van der Waals surface area (Å²) >= 11 is 0. The molecule has 6 nitrogen and oxygen atoms in total. The number of hydrogen-bond donors (Lipinski definition) is 0. The van der Waals surface area contributed by atoms with E-state index in [1.807, 2.05) is 89.5 Å². The van der Waals surface area contributed by atoms with Crippen molar-refractivity contribution in [1.29, 1.82) is 0 Å². The highest BCUT2D eigenvalue weighted by Gasteiger charge is 2.32. The van der Waals surface area contributed by atoms with Crippen LogP contribution in [0.1, 0.15) is 30.5 Å². The first kappa shape index (κ1) is 30.6. The maximum Gasteiger partial charge on any atom is 0.254 e. The third kappa shape index (κ3) is 4.92. The molecule has 13 aromatic rings. The molecular weight excluding hydrogens is 781 g/mol. The number of aryl methyl sites for hydroxylation is 4. The van der Waals surface area contributed by atoms with Crippen LogP contribution in [0.5, 0.6) is 0 Å². The van der Waals surface area contributed by atoms with Crippen LogP contribution in [0.3, 0.4) is 0 Å². The Bertz CT molecular complexity index is 4440. The number of hydrogen-bond acceptors (Lipinski definition) is 1. The van der Waals surface area contributed by atoms with E-state index in [2.05, 4.69) is 93.1 Å². The second kappa shape index (κ2) is 13.3. The third-order valence-electron chi connectivity index (χ3n) is 13.1. The molecule has 0 unspecified atom stereocenters. The van der Waals surface area contributed by atoms with E-state index in [4.69, 9.17) is 13.2 Å². The molecule has 5 heterocycles. The monoisotopic (exact) mass is 826 g/mol. The van der Waals surface area contributed by atoms with Crippen LogP contribution in [0.15, 0.2) is 170 Å². The van der Waals surface area contributed by atoms with Crippen LogP contribution in [0.2, 0.25) is 0 Å². The highest BCUT2D eigenvalue weighted by atomic mass is 15.2. The first-order chi connectivity index (χ1) is 33.8. The Morgan fingerprint density at radius 3 is 1.12 bits per heavy atom. The second-order valence-corrected chi connectivity index (χ2v) is 16.8. The van der Waals surface area contributed by atoms with Crippen LogP contribution < -0.4 is 0 Å². The third-order valence-corrected chi connectivity index (χ3v) is 13.1. The summed E-state index contributed by atoms with van der Waals surface area (Å²) in [7, 11) is 0. The van der Waals surface area contributed by atoms with Crippen LogP contribution in [0.4, 0.5) is 5.69 Å². The topological polar surface area (TPSA) is 37.0 Å². The molecule has 0 aliphatic heterocycles. The molecule has 0 aliphatic rings. The van der Waals surface area contributed by atoms with Crippen LogP contribution in [-0.4, -0.2) is 23.3 Å². The van der Waals surface area contributed by atoms with Crippen LogP contribution >= 0.6 is 0 Å². The summed E-state index contributed by atoms with van der Waals surface area (Å²) in [6.45, 7) is 8.96. The highest BCUT2D eigenvalue weighted by Crippen LogP contribution is 2.48. The summed E-state index contributed by atoms with van der Waals surface area (Å²) in [6.07, 6.45) is 0. The van der Waals surface area contributed by atoms with E-state index in [1.165, 1.54) is 0 Å². The Balaban J connectivity index is 1.33. The van der Waals surface area contributed by atoms with Crippen molar-refractivity contribution in [2.75, 3.05) is 0 Å². The van der Waals surface area contributed by atoms with Crippen LogP contribution in [0, 0.1) is 34.1 Å². The molecule has 8 aromatic carbocycles. The lowest BCUT2D eigenvalue weighted by Gasteiger charge is -2.25. The van der Waals surface area contributed by atoms with E-state index in [1.54, 1.807) is 24.3 Å². The van der Waals surface area contributed by atoms with Crippen molar-refractivity contribution in [2.24, 2.45) is 0 Å². The van der Waals surface area contributed by atoms with Crippen LogP contribution in [-0.2, 0) is 0 Å². The van der Waals surface area contributed by atoms with Gasteiger partial charge in [0.2, 0.25) is 0 Å². The summed E-state index contributed by atoms with van der Waals surface area (Å²) in [5.74, 6) is 0.841. The first-order valence-electron chi connectivity index (χ1n) is 24.3. The summed E-state index contributed by atoms with van der Waals surface area (Å²) < 4.78 is 59.1. The molecule has 302 valence electrons. The molecule has 0 aliphatic carbocycles. The number of pyridine rings is 1. The number of benzene rings is 8. The van der Waals surface area contributed by atoms with E-state index in [0.29, 0.717) is 33.9 Å². The zero-order valence-corrected chi connectivity index (χ0v) is 34.8. The molecule has 6 heteroatoms. The molecule has 0 amide bonds. The lowest BCUT2D eigenvalue weighted by Crippen LogP contribution is -2.14. The predicted octanol–water partition coefficient (Wildman–Crippen LogP) is 15.3. The van der Waals surface area contributed by atoms with Gasteiger partial charge in [-0.1, -0.05) is 119 Å². The maximum atomic E-state index is 9.49. The molecule has 0 N–H and O–H groups in total. The summed E-state index contributed by atoms with van der Waals surface area (Å²) in [5.41, 5.74) is 10.7. The molecule has 0 radical (unpaired) electrons. The van der Waals surface area contributed by atoms with Crippen molar-refractivity contribution in [2.45, 2.75) is 27.6 Å². The maximum absolute atomic E-state index is 9.49. The number of para-hydroxylation sites is 4. The minimum atomic E-state index is -2.36. The van der Waals surface area contributed by atoms with Gasteiger partial charge in [0, 0.05) is 51.3 Å². The van der Waals surface area contributed by atoms with Gasteiger partial charge in [0.1, 0.15) is 11.5 Å². The molecule has 0 saturated heterocycles. The predicted molar refractivity (Wildman–Crippen MR) is 267 cm³/mol. The Labute approximate surface area is 377 Å². The summed E-state index contributed by atoms with van der Waals surface area (Å²) in [4.78, 5) is 10.4. The summed E-state index contributed by atoms with van der Waals surface area (Å²) in [5, 5.41) is 7.22. The fourth-order valence-electron chi connectivity index (χ4n) is 10.4. The van der Waals surface area contributed by atoms with Gasteiger partial charge >= 0.3 is 0 Å². The largest absolute Gasteiger partial charge is 0.317 e. The fourth-order valence-corrected chi connectivity index (χ4v) is 10.4. The molecule has 0 atom stereocenters. The Kier molecular flexibility index (Phi) is 6.36. The van der Waals surface area contributed by atoms with Gasteiger partial charge in [-0.2, -0.15) is 0 Å². The second-order valence-electron chi connectivity index (χ2n) is 16.8. The molecule has 5 aromatic heterocycles. The molecule has 0 bridgehead atoms. The average molecular weight is 827 g/mol. The van der Waals surface area contributed by atoms with Crippen molar-refractivity contribution in [1.82, 2.24) is 23.3 Å². The van der Waals surface area contributed by atoms with Gasteiger partial charge < -0.3 is 13.7 Å². The molecule has 13 rings (SSSR count). The van der Waals surface area contributed by atoms with Crippen molar-refractivity contribution < 1.29 is 8.22 Å². The van der Waals surface area contributed by atoms with Crippen molar-refractivity contribution >= 4 is 92.9 Å². The Hall–Kier alpha value is -8.40. The quantitative estimate of drug-likeness (QED) is 0.163. The minimum absolute atomic E-state index is 0.210. The van der Waals surface area contributed by atoms with E-state index < -0.39 is 13.7 Å². The van der Waals surface area contributed by atoms with Gasteiger partial charge in [0.15, 0.2) is 5.82 Å². The van der Waals surface area contributed by atoms with E-state index in [9.17, 15) is 6.57 Å². The van der Waals surface area contributed by atoms with Crippen LogP contribution in [0.25, 0.3) is 115 Å². The zero-order chi connectivity index (χ0) is 48.0. The Morgan fingerprint density at radius 1 is 0.375 bits per heavy atom. The van der Waals surface area contributed by atoms with Gasteiger partial charge in [-0.05, 0) is 100 Å². The average Bonchev–Trinajstić information content (AvgIpc) is 4.07. The molecule has 0 fully saturated rings. The first-order valence-corrected chi connectivity index (χ1v) is 21.3. The number of fused-ring (bicyclic) bond motifs is 12. The van der Waals surface area contributed by atoms with Gasteiger partial charge in [0.25, 0.3) is 5.69 Å². The van der Waals surface area contributed by atoms with Gasteiger partial charge in [-0.3, -0.25) is 4.57 Å². The highest BCUT2D eigenvalue weighted by molar-refractivity contribution is 6.15. The van der Waals surface area contributed by atoms with Gasteiger partial charge in [-0.25, -0.2) is 9.83 Å². The van der Waals surface area contributed by atoms with E-state index in [-0.39, 0.29) is 16.8 Å². The summed E-state index contributed by atoms with van der Waals surface area (Å²) in [6, 6.07) is 55.9. The Morgan fingerprint density at radius 2 is 0.703 bits per heavy atom. The number of rotatable bonds is 4. The van der Waals surface area contributed by atoms with Gasteiger partial charge in [0.05, 0.1) is 56.4 Å². The standard InChI is InChI=1S/C58H40N6/c1-34-22-26-50-42(30-34)38-14-6-10-18-46(38)61(50)55-54(59-5)57(63-48-20-12-8-16-40(48)44-32-36(3)24-28-52(44)63)60-58(64-49-21-13-9-17-41(49)45-33-37(4)25-29-53(45)64)56(55)62-47-19-11-7-15-39(47)43-31-35(2)23-27-51(43)62/h6-33H,1-4H3/i3D3,4D3. The normalized spacial score (nSPS) is 13.8. The number of aromatic nitrogens is 5. The minimum Gasteiger partial charge on any atom is -0.317 e. The molecule has 0 saturated carbocycles. The number of nitrogens with zero attached hydrogens (tertiary/aromatic N) is 6. The SMILES string of the molecule is [2H]C([2H])([2H])c1ccc2c(c1)c1ccccc1n2-c1nc(-n2c3ccccc3c3cc(C([2H])([2H])[2H])ccc32)c(-n2c3ccccc3c3cc(C)ccc32)c(-n2c3ccccc3c3cc(C)ccc32)c1[N+]#[C-]. The molecule has 64 heavy (non-hydrogen) atoms.